The van der Waals surface area contributed by atoms with Crippen LogP contribution in [0.15, 0.2) is 91.2 Å². The second-order valence-electron chi connectivity index (χ2n) is 10.8. The van der Waals surface area contributed by atoms with Crippen molar-refractivity contribution in [3.63, 3.8) is 0 Å². The van der Waals surface area contributed by atoms with Gasteiger partial charge in [0.2, 0.25) is 0 Å². The number of aliphatic hydroxyl groups excluding tert-OH is 1. The molecule has 3 aromatic heterocycles. The number of benzene rings is 2. The lowest BCUT2D eigenvalue weighted by Crippen LogP contribution is -2.31. The third kappa shape index (κ3) is 5.30. The van der Waals surface area contributed by atoms with Gasteiger partial charge in [0, 0.05) is 31.7 Å². The van der Waals surface area contributed by atoms with E-state index in [-0.39, 0.29) is 23.6 Å². The van der Waals surface area contributed by atoms with Gasteiger partial charge >= 0.3 is 0 Å². The number of carbonyl (C=O) groups excluding carboxylic acids is 2. The Morgan fingerprint density at radius 1 is 0.977 bits per heavy atom. The second kappa shape index (κ2) is 12.1. The smallest absolute Gasteiger partial charge is 0.295 e. The highest BCUT2D eigenvalue weighted by molar-refractivity contribution is 6.46. The first-order chi connectivity index (χ1) is 21.4. The molecule has 0 aliphatic carbocycles. The van der Waals surface area contributed by atoms with Crippen LogP contribution in [0.5, 0.6) is 11.5 Å². The molecule has 1 atom stereocenters. The number of imidazole rings is 2. The van der Waals surface area contributed by atoms with E-state index in [4.69, 9.17) is 9.47 Å². The fourth-order valence-electron chi connectivity index (χ4n) is 5.68. The number of fused-ring (bicyclic) bond motifs is 1. The number of aromatic nitrogens is 4. The lowest BCUT2D eigenvalue weighted by Gasteiger charge is -2.26. The molecule has 5 aromatic rings. The molecule has 44 heavy (non-hydrogen) atoms. The highest BCUT2D eigenvalue weighted by Gasteiger charge is 2.46. The fourth-order valence-corrected chi connectivity index (χ4v) is 5.68. The monoisotopic (exact) mass is 591 g/mol. The molecular weight excluding hydrogens is 558 g/mol. The molecule has 1 N–H and O–H groups in total. The molecule has 1 unspecified atom stereocenters. The van der Waals surface area contributed by atoms with Crippen LogP contribution in [0.4, 0.5) is 0 Å². The number of ether oxygens (including phenoxy) is 2. The largest absolute Gasteiger partial charge is 0.505 e. The summed E-state index contributed by atoms with van der Waals surface area (Å²) in [6.07, 6.45) is 7.67. The molecule has 6 rings (SSSR count). The van der Waals surface area contributed by atoms with E-state index in [1.54, 1.807) is 37.8 Å². The molecule has 10 nitrogen and oxygen atoms in total. The van der Waals surface area contributed by atoms with Crippen LogP contribution in [0.3, 0.4) is 0 Å². The Bertz CT molecular complexity index is 1860. The molecule has 2 aromatic carbocycles. The van der Waals surface area contributed by atoms with Crippen LogP contribution in [-0.2, 0) is 22.7 Å². The number of hydrogen-bond acceptors (Lipinski definition) is 7. The summed E-state index contributed by atoms with van der Waals surface area (Å²) >= 11 is 0. The topological polar surface area (TPSA) is 111 Å². The van der Waals surface area contributed by atoms with E-state index in [2.05, 4.69) is 9.97 Å². The summed E-state index contributed by atoms with van der Waals surface area (Å²) in [5.74, 6) is -0.782. The average Bonchev–Trinajstić information content (AvgIpc) is 3.75. The van der Waals surface area contributed by atoms with Crippen LogP contribution in [0.1, 0.15) is 40.5 Å². The number of nitrogens with zero attached hydrogens (tertiary/aromatic N) is 5. The van der Waals surface area contributed by atoms with E-state index in [1.807, 2.05) is 77.7 Å². The number of amides is 1. The maximum Gasteiger partial charge on any atom is 0.295 e. The molecule has 0 radical (unpaired) electrons. The van der Waals surface area contributed by atoms with Gasteiger partial charge in [0.05, 0.1) is 30.7 Å². The highest BCUT2D eigenvalue weighted by Crippen LogP contribution is 2.42. The lowest BCUT2D eigenvalue weighted by atomic mass is 9.96. The second-order valence-corrected chi connectivity index (χ2v) is 10.8. The number of hydrogen-bond donors (Lipinski definition) is 1. The molecule has 0 bridgehead atoms. The summed E-state index contributed by atoms with van der Waals surface area (Å²) in [5, 5.41) is 11.7. The summed E-state index contributed by atoms with van der Waals surface area (Å²) in [4.78, 5) is 37.5. The Morgan fingerprint density at radius 2 is 1.80 bits per heavy atom. The molecule has 1 amide bonds. The van der Waals surface area contributed by atoms with Crippen molar-refractivity contribution in [2.75, 3.05) is 13.7 Å². The van der Waals surface area contributed by atoms with E-state index in [1.165, 1.54) is 4.90 Å². The fraction of sp³-hybridized carbons (Fsp3) is 0.235. The number of aliphatic hydroxyl groups is 1. The molecule has 1 fully saturated rings. The molecule has 1 aliphatic heterocycles. The van der Waals surface area contributed by atoms with Crippen molar-refractivity contribution in [3.05, 3.63) is 119 Å². The first kappa shape index (κ1) is 28.7. The highest BCUT2D eigenvalue weighted by atomic mass is 16.5. The molecule has 1 saturated heterocycles. The van der Waals surface area contributed by atoms with E-state index < -0.39 is 17.7 Å². The third-order valence-corrected chi connectivity index (χ3v) is 7.96. The van der Waals surface area contributed by atoms with E-state index >= 15 is 0 Å². The normalized spacial score (nSPS) is 16.2. The van der Waals surface area contributed by atoms with Crippen LogP contribution in [0, 0.1) is 13.8 Å². The quantitative estimate of drug-likeness (QED) is 0.134. The zero-order valence-electron chi connectivity index (χ0n) is 24.8. The maximum atomic E-state index is 13.7. The van der Waals surface area contributed by atoms with Crippen LogP contribution in [0.2, 0.25) is 0 Å². The predicted molar refractivity (Wildman–Crippen MR) is 164 cm³/mol. The standard InChI is InChI=1S/C34H33N5O5/c1-22-9-7-16-38-23(2)29(36-33(22)38)31(40)28-30(39(34(42)32(28)41)17-8-15-37-18-14-35-21-37)25-12-13-26(27(19-25)43-3)44-20-24-10-5-4-6-11-24/h4-7,9-14,16,18-19,21,30,40H,8,15,17,20H2,1-3H3/b31-28+. The summed E-state index contributed by atoms with van der Waals surface area (Å²) in [6, 6.07) is 18.1. The Labute approximate surface area is 254 Å². The molecule has 10 heteroatoms. The van der Waals surface area contributed by atoms with Crippen molar-refractivity contribution in [1.82, 2.24) is 23.8 Å². The van der Waals surface area contributed by atoms with Crippen molar-refractivity contribution < 1.29 is 24.2 Å². The number of rotatable bonds is 10. The van der Waals surface area contributed by atoms with Crippen molar-refractivity contribution in [2.24, 2.45) is 0 Å². The van der Waals surface area contributed by atoms with Gasteiger partial charge in [-0.05, 0) is 55.2 Å². The van der Waals surface area contributed by atoms with Gasteiger partial charge in [-0.15, -0.1) is 0 Å². The summed E-state index contributed by atoms with van der Waals surface area (Å²) in [7, 11) is 1.54. The molecule has 1 aliphatic rings. The van der Waals surface area contributed by atoms with Crippen LogP contribution >= 0.6 is 0 Å². The van der Waals surface area contributed by atoms with E-state index in [9.17, 15) is 14.7 Å². The van der Waals surface area contributed by atoms with Gasteiger partial charge in [-0.2, -0.15) is 0 Å². The van der Waals surface area contributed by atoms with Crippen LogP contribution in [0.25, 0.3) is 11.4 Å². The molecule has 0 spiro atoms. The lowest BCUT2D eigenvalue weighted by molar-refractivity contribution is -0.139. The Balaban J connectivity index is 1.41. The minimum absolute atomic E-state index is 0.0122. The van der Waals surface area contributed by atoms with Gasteiger partial charge < -0.3 is 28.4 Å². The van der Waals surface area contributed by atoms with Gasteiger partial charge in [-0.3, -0.25) is 9.59 Å². The first-order valence-corrected chi connectivity index (χ1v) is 14.4. The molecule has 224 valence electrons. The Morgan fingerprint density at radius 3 is 2.52 bits per heavy atom. The molecular formula is C34H33N5O5. The summed E-state index contributed by atoms with van der Waals surface area (Å²) in [5.41, 5.74) is 4.10. The van der Waals surface area contributed by atoms with Gasteiger partial charge in [-0.1, -0.05) is 42.5 Å². The van der Waals surface area contributed by atoms with Crippen molar-refractivity contribution in [2.45, 2.75) is 39.5 Å². The first-order valence-electron chi connectivity index (χ1n) is 14.4. The van der Waals surface area contributed by atoms with Crippen molar-refractivity contribution >= 4 is 23.1 Å². The molecule has 4 heterocycles. The third-order valence-electron chi connectivity index (χ3n) is 7.96. The number of methoxy groups -OCH3 is 1. The van der Waals surface area contributed by atoms with E-state index in [0.29, 0.717) is 48.0 Å². The Kier molecular flexibility index (Phi) is 7.89. The Hall–Kier alpha value is -5.38. The average molecular weight is 592 g/mol. The molecule has 0 saturated carbocycles. The number of pyridine rings is 1. The van der Waals surface area contributed by atoms with Gasteiger partial charge in [0.1, 0.15) is 17.9 Å². The summed E-state index contributed by atoms with van der Waals surface area (Å²) < 4.78 is 15.5. The number of carbonyl (C=O) groups is 2. The van der Waals surface area contributed by atoms with Crippen molar-refractivity contribution in [1.29, 1.82) is 0 Å². The van der Waals surface area contributed by atoms with Crippen LogP contribution in [-0.4, -0.2) is 54.3 Å². The summed E-state index contributed by atoms with van der Waals surface area (Å²) in [6.45, 7) is 4.99. The maximum absolute atomic E-state index is 13.7. The minimum atomic E-state index is -0.861. The zero-order valence-corrected chi connectivity index (χ0v) is 24.8. The SMILES string of the molecule is COc1cc(C2/C(=C(\O)c3nc4c(C)cccn4c3C)C(=O)C(=O)N2CCCn2ccnc2)ccc1OCc1ccccc1. The number of aryl methyl sites for hydroxylation is 3. The predicted octanol–water partition coefficient (Wildman–Crippen LogP) is 5.25. The van der Waals surface area contributed by atoms with Gasteiger partial charge in [0.15, 0.2) is 17.3 Å². The number of likely N-dealkylation sites (tertiary alicyclic amines) is 1. The number of Topliss-reactive ketones (excluding diaryl/α,β-unsaturated/α-hetero) is 1. The van der Waals surface area contributed by atoms with Crippen molar-refractivity contribution in [3.8, 4) is 11.5 Å². The van der Waals surface area contributed by atoms with Gasteiger partial charge in [0.25, 0.3) is 11.7 Å². The van der Waals surface area contributed by atoms with Gasteiger partial charge in [-0.25, -0.2) is 9.97 Å². The number of ketones is 1. The zero-order chi connectivity index (χ0) is 30.8. The minimum Gasteiger partial charge on any atom is -0.505 e. The van der Waals surface area contributed by atoms with Crippen LogP contribution < -0.4 is 9.47 Å². The van der Waals surface area contributed by atoms with E-state index in [0.717, 1.165) is 11.1 Å².